The number of hydrogen-bond donors (Lipinski definition) is 2. The zero-order chi connectivity index (χ0) is 15.2. The Hall–Kier alpha value is -1.55. The van der Waals surface area contributed by atoms with E-state index in [9.17, 15) is 8.42 Å². The maximum absolute atomic E-state index is 12.3. The Balaban J connectivity index is 3.19. The normalized spacial score (nSPS) is 11.1. The summed E-state index contributed by atoms with van der Waals surface area (Å²) in [6, 6.07) is 4.78. The smallest absolute Gasteiger partial charge is 0.244 e. The molecule has 0 amide bonds. The molecule has 3 N–H and O–H groups in total. The summed E-state index contributed by atoms with van der Waals surface area (Å²) in [7, 11) is -2.19. The summed E-state index contributed by atoms with van der Waals surface area (Å²) in [6.07, 6.45) is 0. The van der Waals surface area contributed by atoms with Crippen molar-refractivity contribution in [2.24, 2.45) is 11.7 Å². The first-order valence-electron chi connectivity index (χ1n) is 6.27. The summed E-state index contributed by atoms with van der Waals surface area (Å²) in [5, 5.41) is 0. The maximum atomic E-state index is 12.3. The lowest BCUT2D eigenvalue weighted by Gasteiger charge is -2.12. The molecular weight excluding hydrogens is 276 g/mol. The highest BCUT2D eigenvalue weighted by atomic mass is 32.2. The van der Waals surface area contributed by atoms with Crippen LogP contribution in [0.2, 0.25) is 0 Å². The Kier molecular flexibility index (Phi) is 6.02. The van der Waals surface area contributed by atoms with Gasteiger partial charge in [-0.25, -0.2) is 13.1 Å². The van der Waals surface area contributed by atoms with Gasteiger partial charge in [0.25, 0.3) is 0 Å². The van der Waals surface area contributed by atoms with Crippen LogP contribution in [0.1, 0.15) is 19.4 Å². The summed E-state index contributed by atoms with van der Waals surface area (Å²) in [5.74, 6) is 6.01. The van der Waals surface area contributed by atoms with Crippen molar-refractivity contribution in [1.82, 2.24) is 4.72 Å². The number of rotatable bonds is 5. The van der Waals surface area contributed by atoms with Gasteiger partial charge in [-0.2, -0.15) is 0 Å². The van der Waals surface area contributed by atoms with Crippen molar-refractivity contribution in [2.45, 2.75) is 18.7 Å². The molecule has 5 nitrogen and oxygen atoms in total. The van der Waals surface area contributed by atoms with E-state index in [4.69, 9.17) is 10.5 Å². The van der Waals surface area contributed by atoms with Crippen molar-refractivity contribution in [3.8, 4) is 17.6 Å². The minimum absolute atomic E-state index is 0.0875. The van der Waals surface area contributed by atoms with Gasteiger partial charge in [0.1, 0.15) is 10.6 Å². The third-order valence-electron chi connectivity index (χ3n) is 2.47. The maximum Gasteiger partial charge on any atom is 0.244 e. The third-order valence-corrected chi connectivity index (χ3v) is 3.91. The van der Waals surface area contributed by atoms with E-state index in [2.05, 4.69) is 16.6 Å². The molecule has 0 heterocycles. The number of benzene rings is 1. The van der Waals surface area contributed by atoms with Crippen LogP contribution in [0.4, 0.5) is 0 Å². The van der Waals surface area contributed by atoms with Crippen LogP contribution in [-0.2, 0) is 10.0 Å². The number of nitrogens with one attached hydrogen (secondary N) is 1. The molecule has 6 heteroatoms. The number of methoxy groups -OCH3 is 1. The molecule has 1 aromatic carbocycles. The van der Waals surface area contributed by atoms with Crippen LogP contribution in [0.5, 0.6) is 5.75 Å². The molecule has 0 bridgehead atoms. The summed E-state index contributed by atoms with van der Waals surface area (Å²) >= 11 is 0. The molecule has 0 spiro atoms. The van der Waals surface area contributed by atoms with Gasteiger partial charge in [0.15, 0.2) is 0 Å². The molecule has 0 aromatic heterocycles. The minimum atomic E-state index is -3.62. The van der Waals surface area contributed by atoms with Gasteiger partial charge in [-0.15, -0.1) is 0 Å². The van der Waals surface area contributed by atoms with Crippen molar-refractivity contribution in [1.29, 1.82) is 0 Å². The average molecular weight is 296 g/mol. The zero-order valence-electron chi connectivity index (χ0n) is 11.9. The van der Waals surface area contributed by atoms with Crippen molar-refractivity contribution in [3.05, 3.63) is 23.8 Å². The van der Waals surface area contributed by atoms with E-state index in [0.29, 0.717) is 17.9 Å². The number of hydrogen-bond acceptors (Lipinski definition) is 4. The van der Waals surface area contributed by atoms with Crippen molar-refractivity contribution in [3.63, 3.8) is 0 Å². The van der Waals surface area contributed by atoms with Crippen molar-refractivity contribution < 1.29 is 13.2 Å². The molecule has 0 aliphatic heterocycles. The van der Waals surface area contributed by atoms with Crippen LogP contribution in [0.25, 0.3) is 0 Å². The summed E-state index contributed by atoms with van der Waals surface area (Å²) in [4.78, 5) is 0.0875. The van der Waals surface area contributed by atoms with Gasteiger partial charge >= 0.3 is 0 Å². The van der Waals surface area contributed by atoms with Gasteiger partial charge in [0.2, 0.25) is 10.0 Å². The van der Waals surface area contributed by atoms with Crippen LogP contribution in [0, 0.1) is 17.8 Å². The second kappa shape index (κ2) is 7.29. The number of ether oxygens (including phenoxy) is 1. The Morgan fingerprint density at radius 3 is 2.65 bits per heavy atom. The molecule has 0 radical (unpaired) electrons. The molecular formula is C14H20N2O3S. The minimum Gasteiger partial charge on any atom is -0.495 e. The molecule has 110 valence electrons. The Morgan fingerprint density at radius 1 is 1.40 bits per heavy atom. The number of nitrogens with two attached hydrogens (primary N) is 1. The second-order valence-corrected chi connectivity index (χ2v) is 6.35. The molecule has 0 atom stereocenters. The highest BCUT2D eigenvalue weighted by Crippen LogP contribution is 2.24. The molecule has 0 aliphatic carbocycles. The molecule has 0 unspecified atom stereocenters. The highest BCUT2D eigenvalue weighted by molar-refractivity contribution is 7.89. The van der Waals surface area contributed by atoms with Gasteiger partial charge in [-0.3, -0.25) is 0 Å². The van der Waals surface area contributed by atoms with E-state index < -0.39 is 10.0 Å². The molecule has 1 aromatic rings. The molecule has 0 fully saturated rings. The lowest BCUT2D eigenvalue weighted by atomic mass is 10.2. The zero-order valence-corrected chi connectivity index (χ0v) is 12.8. The SMILES string of the molecule is COc1ccc(C#CCN)cc1S(=O)(=O)NCC(C)C. The fraction of sp³-hybridized carbons (Fsp3) is 0.429. The van der Waals surface area contributed by atoms with E-state index in [0.717, 1.165) is 0 Å². The first-order valence-corrected chi connectivity index (χ1v) is 7.75. The van der Waals surface area contributed by atoms with Crippen LogP contribution in [-0.4, -0.2) is 28.6 Å². The van der Waals surface area contributed by atoms with Gasteiger partial charge in [-0.1, -0.05) is 25.7 Å². The Labute approximate surface area is 120 Å². The highest BCUT2D eigenvalue weighted by Gasteiger charge is 2.19. The van der Waals surface area contributed by atoms with Crippen LogP contribution in [0.15, 0.2) is 23.1 Å². The predicted octanol–water partition coefficient (Wildman–Crippen LogP) is 0.940. The second-order valence-electron chi connectivity index (χ2n) is 4.62. The monoisotopic (exact) mass is 296 g/mol. The van der Waals surface area contributed by atoms with Gasteiger partial charge in [-0.05, 0) is 24.1 Å². The fourth-order valence-electron chi connectivity index (χ4n) is 1.47. The van der Waals surface area contributed by atoms with Gasteiger partial charge in [0, 0.05) is 12.1 Å². The van der Waals surface area contributed by atoms with Crippen LogP contribution in [0.3, 0.4) is 0 Å². The molecule has 1 rings (SSSR count). The van der Waals surface area contributed by atoms with E-state index >= 15 is 0 Å². The lowest BCUT2D eigenvalue weighted by Crippen LogP contribution is -2.28. The van der Waals surface area contributed by atoms with E-state index in [1.165, 1.54) is 13.2 Å². The largest absolute Gasteiger partial charge is 0.495 e. The van der Waals surface area contributed by atoms with E-state index in [-0.39, 0.29) is 17.4 Å². The third kappa shape index (κ3) is 4.53. The summed E-state index contributed by atoms with van der Waals surface area (Å²) in [5.41, 5.74) is 5.89. The van der Waals surface area contributed by atoms with Crippen LogP contribution >= 0.6 is 0 Å². The first-order chi connectivity index (χ1) is 9.40. The predicted molar refractivity (Wildman–Crippen MR) is 79.0 cm³/mol. The molecule has 20 heavy (non-hydrogen) atoms. The van der Waals surface area contributed by atoms with Gasteiger partial charge < -0.3 is 10.5 Å². The van der Waals surface area contributed by atoms with E-state index in [1.807, 2.05) is 13.8 Å². The van der Waals surface area contributed by atoms with Crippen molar-refractivity contribution in [2.75, 3.05) is 20.2 Å². The number of sulfonamides is 1. The molecule has 0 saturated heterocycles. The average Bonchev–Trinajstić information content (AvgIpc) is 2.42. The Bertz CT molecular complexity index is 613. The van der Waals surface area contributed by atoms with Gasteiger partial charge in [0.05, 0.1) is 13.7 Å². The molecule has 0 saturated carbocycles. The van der Waals surface area contributed by atoms with Crippen molar-refractivity contribution >= 4 is 10.0 Å². The fourth-order valence-corrected chi connectivity index (χ4v) is 2.88. The first kappa shape index (κ1) is 16.5. The Morgan fingerprint density at radius 2 is 2.10 bits per heavy atom. The van der Waals surface area contributed by atoms with Crippen LogP contribution < -0.4 is 15.2 Å². The quantitative estimate of drug-likeness (QED) is 0.792. The topological polar surface area (TPSA) is 81.4 Å². The standard InChI is InChI=1S/C14H20N2O3S/c1-11(2)10-16-20(17,18)14-9-12(5-4-8-15)6-7-13(14)19-3/h6-7,9,11,16H,8,10,15H2,1-3H3. The summed E-state index contributed by atoms with van der Waals surface area (Å²) < 4.78 is 32.2. The summed E-state index contributed by atoms with van der Waals surface area (Å²) in [6.45, 7) is 4.45. The molecule has 0 aliphatic rings. The van der Waals surface area contributed by atoms with E-state index in [1.54, 1.807) is 12.1 Å². The lowest BCUT2D eigenvalue weighted by molar-refractivity contribution is 0.402.